The van der Waals surface area contributed by atoms with Gasteiger partial charge in [0.2, 0.25) is 0 Å². The molecule has 0 N–H and O–H groups in total. The number of halogens is 3. The second-order valence-corrected chi connectivity index (χ2v) is 6.87. The SMILES string of the molecule is Clc1cc(Cl)c2c3ccc(Br)cc3n(-c3ccccc3)c2c1. The number of nitrogens with zero attached hydrogens (tertiary/aromatic N) is 1. The fourth-order valence-electron chi connectivity index (χ4n) is 2.89. The Hall–Kier alpha value is -1.48. The van der Waals surface area contributed by atoms with Gasteiger partial charge in [-0.3, -0.25) is 0 Å². The highest BCUT2D eigenvalue weighted by Gasteiger charge is 2.15. The molecule has 1 aromatic heterocycles. The van der Waals surface area contributed by atoms with Gasteiger partial charge in [0.05, 0.1) is 16.1 Å². The molecule has 0 saturated carbocycles. The van der Waals surface area contributed by atoms with Crippen molar-refractivity contribution in [2.45, 2.75) is 0 Å². The van der Waals surface area contributed by atoms with Gasteiger partial charge in [-0.15, -0.1) is 0 Å². The van der Waals surface area contributed by atoms with E-state index < -0.39 is 0 Å². The third-order valence-electron chi connectivity index (χ3n) is 3.76. The van der Waals surface area contributed by atoms with Crippen molar-refractivity contribution in [3.05, 3.63) is 75.2 Å². The molecule has 0 aliphatic heterocycles. The topological polar surface area (TPSA) is 4.93 Å². The lowest BCUT2D eigenvalue weighted by molar-refractivity contribution is 1.18. The molecule has 0 bridgehead atoms. The molecule has 4 heteroatoms. The Balaban J connectivity index is 2.27. The van der Waals surface area contributed by atoms with E-state index in [9.17, 15) is 0 Å². The van der Waals surface area contributed by atoms with E-state index in [4.69, 9.17) is 23.2 Å². The standard InChI is InChI=1S/C18H10BrCl2N/c19-11-6-7-14-16(8-11)22(13-4-2-1-3-5-13)17-10-12(20)9-15(21)18(14)17/h1-10H. The van der Waals surface area contributed by atoms with Crippen molar-refractivity contribution in [1.29, 1.82) is 0 Å². The summed E-state index contributed by atoms with van der Waals surface area (Å²) in [6, 6.07) is 20.2. The molecule has 0 radical (unpaired) electrons. The van der Waals surface area contributed by atoms with Crippen LogP contribution >= 0.6 is 39.1 Å². The summed E-state index contributed by atoms with van der Waals surface area (Å²) in [5.74, 6) is 0. The Labute approximate surface area is 146 Å². The van der Waals surface area contributed by atoms with Crippen molar-refractivity contribution in [3.8, 4) is 5.69 Å². The predicted octanol–water partition coefficient (Wildman–Crippen LogP) is 6.85. The summed E-state index contributed by atoms with van der Waals surface area (Å²) in [4.78, 5) is 0. The maximum absolute atomic E-state index is 6.47. The summed E-state index contributed by atoms with van der Waals surface area (Å²) >= 11 is 16.3. The average molecular weight is 391 g/mol. The minimum atomic E-state index is 0.636. The van der Waals surface area contributed by atoms with Gasteiger partial charge in [-0.25, -0.2) is 0 Å². The molecular weight excluding hydrogens is 381 g/mol. The van der Waals surface area contributed by atoms with Crippen molar-refractivity contribution in [2.75, 3.05) is 0 Å². The highest BCUT2D eigenvalue weighted by molar-refractivity contribution is 9.10. The number of para-hydroxylation sites is 1. The first-order valence-electron chi connectivity index (χ1n) is 6.79. The van der Waals surface area contributed by atoms with E-state index in [0.29, 0.717) is 10.0 Å². The van der Waals surface area contributed by atoms with Crippen molar-refractivity contribution in [2.24, 2.45) is 0 Å². The van der Waals surface area contributed by atoms with Crippen molar-refractivity contribution < 1.29 is 0 Å². The number of hydrogen-bond acceptors (Lipinski definition) is 0. The molecule has 22 heavy (non-hydrogen) atoms. The first-order valence-corrected chi connectivity index (χ1v) is 8.34. The maximum Gasteiger partial charge on any atom is 0.0570 e. The molecule has 0 fully saturated rings. The Morgan fingerprint density at radius 3 is 2.36 bits per heavy atom. The second-order valence-electron chi connectivity index (χ2n) is 5.11. The molecule has 1 nitrogen and oxygen atoms in total. The summed E-state index contributed by atoms with van der Waals surface area (Å²) < 4.78 is 3.22. The number of fused-ring (bicyclic) bond motifs is 3. The number of rotatable bonds is 1. The van der Waals surface area contributed by atoms with Gasteiger partial charge in [0, 0.05) is 26.0 Å². The van der Waals surface area contributed by atoms with Crippen LogP contribution in [0.5, 0.6) is 0 Å². The zero-order valence-electron chi connectivity index (χ0n) is 11.4. The van der Waals surface area contributed by atoms with Crippen LogP contribution in [0.25, 0.3) is 27.5 Å². The molecule has 0 saturated heterocycles. The van der Waals surface area contributed by atoms with E-state index >= 15 is 0 Å². The minimum Gasteiger partial charge on any atom is -0.309 e. The zero-order valence-corrected chi connectivity index (χ0v) is 14.5. The summed E-state index contributed by atoms with van der Waals surface area (Å²) in [6.45, 7) is 0. The van der Waals surface area contributed by atoms with Gasteiger partial charge in [-0.1, -0.05) is 63.4 Å². The van der Waals surface area contributed by atoms with Gasteiger partial charge >= 0.3 is 0 Å². The van der Waals surface area contributed by atoms with Crippen molar-refractivity contribution >= 4 is 60.9 Å². The summed E-state index contributed by atoms with van der Waals surface area (Å²) in [7, 11) is 0. The zero-order chi connectivity index (χ0) is 15.3. The summed E-state index contributed by atoms with van der Waals surface area (Å²) in [6.07, 6.45) is 0. The van der Waals surface area contributed by atoms with E-state index in [1.165, 1.54) is 0 Å². The summed E-state index contributed by atoms with van der Waals surface area (Å²) in [5, 5.41) is 3.45. The smallest absolute Gasteiger partial charge is 0.0570 e. The molecule has 108 valence electrons. The van der Waals surface area contributed by atoms with E-state index in [2.05, 4.69) is 44.8 Å². The lowest BCUT2D eigenvalue weighted by atomic mass is 10.1. The van der Waals surface area contributed by atoms with Gasteiger partial charge in [0.1, 0.15) is 0 Å². The van der Waals surface area contributed by atoms with Crippen LogP contribution in [0.3, 0.4) is 0 Å². The largest absolute Gasteiger partial charge is 0.309 e. The molecule has 0 aliphatic rings. The number of hydrogen-bond donors (Lipinski definition) is 0. The first kappa shape index (κ1) is 14.1. The highest BCUT2D eigenvalue weighted by atomic mass is 79.9. The van der Waals surface area contributed by atoms with Gasteiger partial charge in [-0.2, -0.15) is 0 Å². The van der Waals surface area contributed by atoms with E-state index in [1.807, 2.05) is 30.3 Å². The molecule has 0 amide bonds. The van der Waals surface area contributed by atoms with E-state index in [1.54, 1.807) is 6.07 Å². The Kier molecular flexibility index (Phi) is 3.41. The minimum absolute atomic E-state index is 0.636. The van der Waals surface area contributed by atoms with Crippen molar-refractivity contribution in [1.82, 2.24) is 4.57 Å². The van der Waals surface area contributed by atoms with Crippen LogP contribution in [0.15, 0.2) is 65.1 Å². The van der Waals surface area contributed by atoms with Crippen LogP contribution in [0, 0.1) is 0 Å². The second kappa shape index (κ2) is 5.31. The van der Waals surface area contributed by atoms with Crippen LogP contribution < -0.4 is 0 Å². The third kappa shape index (κ3) is 2.14. The molecular formula is C18H10BrCl2N. The first-order chi connectivity index (χ1) is 10.6. The fourth-order valence-corrected chi connectivity index (χ4v) is 3.82. The Bertz CT molecular complexity index is 1010. The van der Waals surface area contributed by atoms with Gasteiger partial charge in [0.15, 0.2) is 0 Å². The van der Waals surface area contributed by atoms with E-state index in [-0.39, 0.29) is 0 Å². The Morgan fingerprint density at radius 2 is 1.59 bits per heavy atom. The highest BCUT2D eigenvalue weighted by Crippen LogP contribution is 2.38. The van der Waals surface area contributed by atoms with Gasteiger partial charge < -0.3 is 4.57 Å². The monoisotopic (exact) mass is 389 g/mol. The predicted molar refractivity (Wildman–Crippen MR) is 98.5 cm³/mol. The number of benzene rings is 3. The van der Waals surface area contributed by atoms with E-state index in [0.717, 1.165) is 32.0 Å². The molecule has 1 heterocycles. The average Bonchev–Trinajstić information content (AvgIpc) is 2.81. The Morgan fingerprint density at radius 1 is 0.818 bits per heavy atom. The fraction of sp³-hybridized carbons (Fsp3) is 0. The van der Waals surface area contributed by atoms with Gasteiger partial charge in [0.25, 0.3) is 0 Å². The normalized spacial score (nSPS) is 11.4. The van der Waals surface area contributed by atoms with Crippen molar-refractivity contribution in [3.63, 3.8) is 0 Å². The third-order valence-corrected chi connectivity index (χ3v) is 4.77. The van der Waals surface area contributed by atoms with Crippen LogP contribution in [0.4, 0.5) is 0 Å². The molecule has 0 atom stereocenters. The van der Waals surface area contributed by atoms with Crippen LogP contribution in [-0.4, -0.2) is 4.57 Å². The van der Waals surface area contributed by atoms with Crippen LogP contribution in [0.1, 0.15) is 0 Å². The molecule has 4 rings (SSSR count). The molecule has 4 aromatic rings. The quantitative estimate of drug-likeness (QED) is 0.334. The van der Waals surface area contributed by atoms with Gasteiger partial charge in [-0.05, 0) is 36.4 Å². The van der Waals surface area contributed by atoms with Crippen LogP contribution in [-0.2, 0) is 0 Å². The lowest BCUT2D eigenvalue weighted by Crippen LogP contribution is -1.93. The molecule has 0 spiro atoms. The maximum atomic E-state index is 6.47. The number of aromatic nitrogens is 1. The van der Waals surface area contributed by atoms with Crippen LogP contribution in [0.2, 0.25) is 10.0 Å². The molecule has 0 aliphatic carbocycles. The molecule has 0 unspecified atom stereocenters. The lowest BCUT2D eigenvalue weighted by Gasteiger charge is -2.08. The summed E-state index contributed by atoms with van der Waals surface area (Å²) in [5.41, 5.74) is 3.19. The molecule has 3 aromatic carbocycles.